The Morgan fingerprint density at radius 3 is 2.26 bits per heavy atom. The average molecular weight is 409 g/mol. The van der Waals surface area contributed by atoms with Gasteiger partial charge in [-0.2, -0.15) is 0 Å². The second-order valence-corrected chi connectivity index (χ2v) is 8.11. The Balaban J connectivity index is 1.79. The van der Waals surface area contributed by atoms with Crippen LogP contribution in [0.1, 0.15) is 51.3 Å². The fourth-order valence-electron chi connectivity index (χ4n) is 4.34. The van der Waals surface area contributed by atoms with Crippen molar-refractivity contribution < 1.29 is 9.21 Å². The smallest absolute Gasteiger partial charge is 0.295 e. The molecule has 0 fully saturated rings. The van der Waals surface area contributed by atoms with E-state index in [1.54, 1.807) is 4.90 Å². The molecule has 0 N–H and O–H groups in total. The number of nitrogens with zero attached hydrogens (tertiary/aromatic N) is 1. The molecule has 1 aromatic heterocycles. The zero-order valence-corrected chi connectivity index (χ0v) is 17.8. The molecule has 0 spiro atoms. The molecule has 1 unspecified atom stereocenters. The summed E-state index contributed by atoms with van der Waals surface area (Å²) < 4.78 is 6.09. The van der Waals surface area contributed by atoms with Crippen LogP contribution in [0.15, 0.2) is 75.9 Å². The van der Waals surface area contributed by atoms with E-state index < -0.39 is 6.04 Å². The van der Waals surface area contributed by atoms with Gasteiger partial charge in [0.1, 0.15) is 5.58 Å². The molecule has 31 heavy (non-hydrogen) atoms. The second-order valence-electron chi connectivity index (χ2n) is 8.11. The Labute approximate surface area is 180 Å². The van der Waals surface area contributed by atoms with Crippen molar-refractivity contribution in [2.24, 2.45) is 0 Å². The number of aryl methyl sites for hydroxylation is 3. The van der Waals surface area contributed by atoms with Crippen molar-refractivity contribution in [3.8, 4) is 0 Å². The number of hydrogen-bond donors (Lipinski definition) is 0. The molecule has 1 atom stereocenters. The van der Waals surface area contributed by atoms with Crippen molar-refractivity contribution in [2.45, 2.75) is 33.2 Å². The van der Waals surface area contributed by atoms with Gasteiger partial charge in [-0.15, -0.1) is 0 Å². The van der Waals surface area contributed by atoms with E-state index in [1.165, 1.54) is 5.56 Å². The molecule has 1 aliphatic heterocycles. The lowest BCUT2D eigenvalue weighted by Crippen LogP contribution is -2.29. The van der Waals surface area contributed by atoms with Crippen LogP contribution in [0.5, 0.6) is 0 Å². The minimum absolute atomic E-state index is 0.133. The van der Waals surface area contributed by atoms with Gasteiger partial charge in [0.15, 0.2) is 5.43 Å². The molecular formula is C27H23NO3. The molecule has 3 aromatic carbocycles. The van der Waals surface area contributed by atoms with Gasteiger partial charge in [0.25, 0.3) is 5.91 Å². The predicted molar refractivity (Wildman–Crippen MR) is 123 cm³/mol. The first-order chi connectivity index (χ1) is 15.0. The third-order valence-corrected chi connectivity index (χ3v) is 6.22. The van der Waals surface area contributed by atoms with Crippen molar-refractivity contribution in [1.29, 1.82) is 0 Å². The molecule has 1 aliphatic rings. The predicted octanol–water partition coefficient (Wildman–Crippen LogP) is 5.72. The van der Waals surface area contributed by atoms with Crippen LogP contribution in [0.25, 0.3) is 11.0 Å². The zero-order chi connectivity index (χ0) is 21.7. The lowest BCUT2D eigenvalue weighted by atomic mass is 9.97. The normalized spacial score (nSPS) is 15.5. The Kier molecular flexibility index (Phi) is 4.51. The lowest BCUT2D eigenvalue weighted by molar-refractivity contribution is 0.0971. The summed E-state index contributed by atoms with van der Waals surface area (Å²) >= 11 is 0. The number of fused-ring (bicyclic) bond motifs is 2. The maximum atomic E-state index is 13.7. The van der Waals surface area contributed by atoms with Gasteiger partial charge in [0.2, 0.25) is 5.76 Å². The summed E-state index contributed by atoms with van der Waals surface area (Å²) in [7, 11) is 0. The lowest BCUT2D eigenvalue weighted by Gasteiger charge is -2.25. The van der Waals surface area contributed by atoms with Gasteiger partial charge >= 0.3 is 0 Å². The molecule has 0 aliphatic carbocycles. The third-order valence-electron chi connectivity index (χ3n) is 6.22. The Morgan fingerprint density at radius 1 is 0.903 bits per heavy atom. The first-order valence-corrected chi connectivity index (χ1v) is 10.5. The fourth-order valence-corrected chi connectivity index (χ4v) is 4.34. The molecule has 5 rings (SSSR count). The molecule has 4 aromatic rings. The highest BCUT2D eigenvalue weighted by molar-refractivity contribution is 6.10. The molecule has 4 heteroatoms. The van der Waals surface area contributed by atoms with Gasteiger partial charge in [0.05, 0.1) is 17.0 Å². The SMILES string of the molecule is CCc1ccc(N2C(=O)c3oc4cc(C)c(C)cc4c(=O)c3C2c2ccccc2)cc1. The van der Waals surface area contributed by atoms with E-state index in [-0.39, 0.29) is 17.1 Å². The van der Waals surface area contributed by atoms with Crippen LogP contribution >= 0.6 is 0 Å². The molecule has 4 nitrogen and oxygen atoms in total. The van der Waals surface area contributed by atoms with Crippen LogP contribution in [0.2, 0.25) is 0 Å². The summed E-state index contributed by atoms with van der Waals surface area (Å²) in [6, 6.07) is 20.8. The molecule has 2 heterocycles. The largest absolute Gasteiger partial charge is 0.450 e. The molecule has 0 bridgehead atoms. The summed E-state index contributed by atoms with van der Waals surface area (Å²) in [6.45, 7) is 6.04. The highest BCUT2D eigenvalue weighted by atomic mass is 16.3. The van der Waals surface area contributed by atoms with Crippen molar-refractivity contribution in [3.05, 3.63) is 111 Å². The van der Waals surface area contributed by atoms with E-state index in [2.05, 4.69) is 6.92 Å². The minimum Gasteiger partial charge on any atom is -0.450 e. The molecule has 0 saturated carbocycles. The van der Waals surface area contributed by atoms with Crippen LogP contribution in [-0.2, 0) is 6.42 Å². The van der Waals surface area contributed by atoms with Gasteiger partial charge in [-0.25, -0.2) is 0 Å². The minimum atomic E-state index is -0.529. The Morgan fingerprint density at radius 2 is 1.58 bits per heavy atom. The third kappa shape index (κ3) is 2.98. The molecule has 154 valence electrons. The average Bonchev–Trinajstić information content (AvgIpc) is 3.08. The number of carbonyl (C=O) groups is 1. The maximum Gasteiger partial charge on any atom is 0.295 e. The van der Waals surface area contributed by atoms with E-state index in [4.69, 9.17) is 4.42 Å². The number of anilines is 1. The first kappa shape index (κ1) is 19.3. The molecule has 1 amide bonds. The van der Waals surface area contributed by atoms with E-state index in [0.29, 0.717) is 16.5 Å². The standard InChI is InChI=1S/C27H23NO3/c1-4-18-10-12-20(13-11-18)28-24(19-8-6-5-7-9-19)23-25(29)21-14-16(2)17(3)15-22(21)31-26(23)27(28)30/h5-15,24H,4H2,1-3H3. The van der Waals surface area contributed by atoms with E-state index >= 15 is 0 Å². The summed E-state index contributed by atoms with van der Waals surface area (Å²) in [5.74, 6) is -0.153. The molecular weight excluding hydrogens is 386 g/mol. The van der Waals surface area contributed by atoms with Crippen molar-refractivity contribution >= 4 is 22.6 Å². The summed E-state index contributed by atoms with van der Waals surface area (Å²) in [5, 5.41) is 0.513. The summed E-state index contributed by atoms with van der Waals surface area (Å²) in [5.41, 5.74) is 5.58. The fraction of sp³-hybridized carbons (Fsp3) is 0.185. The van der Waals surface area contributed by atoms with Crippen LogP contribution in [0, 0.1) is 13.8 Å². The van der Waals surface area contributed by atoms with E-state index in [9.17, 15) is 9.59 Å². The van der Waals surface area contributed by atoms with E-state index in [0.717, 1.165) is 28.8 Å². The van der Waals surface area contributed by atoms with Crippen molar-refractivity contribution in [2.75, 3.05) is 4.90 Å². The van der Waals surface area contributed by atoms with Gasteiger partial charge in [-0.05, 0) is 66.8 Å². The van der Waals surface area contributed by atoms with Crippen LogP contribution in [-0.4, -0.2) is 5.91 Å². The Bertz CT molecular complexity index is 1370. The first-order valence-electron chi connectivity index (χ1n) is 10.5. The molecule has 0 radical (unpaired) electrons. The number of amides is 1. The number of hydrogen-bond acceptors (Lipinski definition) is 3. The van der Waals surface area contributed by atoms with Gasteiger partial charge in [-0.1, -0.05) is 49.4 Å². The zero-order valence-electron chi connectivity index (χ0n) is 17.8. The number of carbonyl (C=O) groups excluding carboxylic acids is 1. The maximum absolute atomic E-state index is 13.7. The van der Waals surface area contributed by atoms with Crippen LogP contribution < -0.4 is 10.3 Å². The van der Waals surface area contributed by atoms with Gasteiger partial charge < -0.3 is 4.42 Å². The monoisotopic (exact) mass is 409 g/mol. The quantitative estimate of drug-likeness (QED) is 0.435. The van der Waals surface area contributed by atoms with Gasteiger partial charge in [0, 0.05) is 5.69 Å². The molecule has 0 saturated heterocycles. The van der Waals surface area contributed by atoms with Gasteiger partial charge in [-0.3, -0.25) is 14.5 Å². The second kappa shape index (κ2) is 7.24. The van der Waals surface area contributed by atoms with Crippen molar-refractivity contribution in [3.63, 3.8) is 0 Å². The Hall–Kier alpha value is -3.66. The van der Waals surface area contributed by atoms with Crippen molar-refractivity contribution in [1.82, 2.24) is 0 Å². The van der Waals surface area contributed by atoms with Crippen LogP contribution in [0.4, 0.5) is 5.69 Å². The number of rotatable bonds is 3. The summed E-state index contributed by atoms with van der Waals surface area (Å²) in [4.78, 5) is 28.9. The van der Waals surface area contributed by atoms with E-state index in [1.807, 2.05) is 80.6 Å². The highest BCUT2D eigenvalue weighted by Crippen LogP contribution is 2.41. The summed E-state index contributed by atoms with van der Waals surface area (Å²) in [6.07, 6.45) is 0.917. The highest BCUT2D eigenvalue weighted by Gasteiger charge is 2.43. The number of benzene rings is 3. The van der Waals surface area contributed by atoms with Crippen LogP contribution in [0.3, 0.4) is 0 Å². The topological polar surface area (TPSA) is 50.5 Å².